The lowest BCUT2D eigenvalue weighted by molar-refractivity contribution is -0.132. The number of nitrogens with zero attached hydrogens (tertiary/aromatic N) is 1. The Morgan fingerprint density at radius 1 is 1.00 bits per heavy atom. The third kappa shape index (κ3) is 6.41. The Balaban J connectivity index is 0.00000320. The number of hydrogen-bond donors (Lipinski definition) is 1. The van der Waals surface area contributed by atoms with Crippen molar-refractivity contribution in [2.24, 2.45) is 17.6 Å². The van der Waals surface area contributed by atoms with Crippen molar-refractivity contribution in [3.05, 3.63) is 71.3 Å². The predicted octanol–water partition coefficient (Wildman–Crippen LogP) is 4.82. The van der Waals surface area contributed by atoms with Crippen LogP contribution in [0.15, 0.2) is 54.6 Å². The molecule has 1 aliphatic rings. The molecule has 1 unspecified atom stereocenters. The van der Waals surface area contributed by atoms with E-state index in [1.807, 2.05) is 47.4 Å². The van der Waals surface area contributed by atoms with Crippen LogP contribution in [0.5, 0.6) is 0 Å². The van der Waals surface area contributed by atoms with Crippen molar-refractivity contribution in [1.82, 2.24) is 4.90 Å². The van der Waals surface area contributed by atoms with Gasteiger partial charge in [0.15, 0.2) is 5.78 Å². The largest absolute Gasteiger partial charge is 0.343 e. The molecule has 1 heterocycles. The molecule has 1 saturated heterocycles. The molecule has 0 saturated carbocycles. The highest BCUT2D eigenvalue weighted by Crippen LogP contribution is 2.24. The van der Waals surface area contributed by atoms with Crippen LogP contribution in [0, 0.1) is 11.8 Å². The zero-order valence-electron chi connectivity index (χ0n) is 17.9. The number of nitrogens with two attached hydrogens (primary N) is 1. The first-order valence-corrected chi connectivity index (χ1v) is 10.7. The summed E-state index contributed by atoms with van der Waals surface area (Å²) in [5, 5.41) is 0. The van der Waals surface area contributed by atoms with Gasteiger partial charge in [-0.1, -0.05) is 68.4 Å². The van der Waals surface area contributed by atoms with Crippen LogP contribution in [0.1, 0.15) is 60.6 Å². The van der Waals surface area contributed by atoms with Crippen molar-refractivity contribution in [2.75, 3.05) is 13.1 Å². The van der Waals surface area contributed by atoms with Gasteiger partial charge in [-0.2, -0.15) is 0 Å². The normalized spacial score (nSPS) is 15.5. The molecule has 2 aromatic rings. The minimum atomic E-state index is -0.285. The number of benzene rings is 2. The number of halogens is 1. The van der Waals surface area contributed by atoms with Gasteiger partial charge in [-0.3, -0.25) is 9.59 Å². The first-order chi connectivity index (χ1) is 13.9. The van der Waals surface area contributed by atoms with E-state index in [-0.39, 0.29) is 36.1 Å². The highest BCUT2D eigenvalue weighted by atomic mass is 35.5. The van der Waals surface area contributed by atoms with Crippen LogP contribution in [0.3, 0.4) is 0 Å². The summed E-state index contributed by atoms with van der Waals surface area (Å²) >= 11 is 0. The maximum atomic E-state index is 12.8. The summed E-state index contributed by atoms with van der Waals surface area (Å²) in [5.74, 6) is 0.880. The van der Waals surface area contributed by atoms with E-state index in [4.69, 9.17) is 5.73 Å². The summed E-state index contributed by atoms with van der Waals surface area (Å²) in [7, 11) is 0. The second-order valence-corrected chi connectivity index (χ2v) is 8.54. The molecule has 4 nitrogen and oxygen atoms in total. The molecule has 0 radical (unpaired) electrons. The number of carbonyl (C=O) groups excluding carboxylic acids is 2. The second-order valence-electron chi connectivity index (χ2n) is 8.54. The van der Waals surface area contributed by atoms with Gasteiger partial charge in [0.25, 0.3) is 0 Å². The summed E-state index contributed by atoms with van der Waals surface area (Å²) in [4.78, 5) is 27.3. The number of amides is 1. The fourth-order valence-electron chi connectivity index (χ4n) is 4.04. The smallest absolute Gasteiger partial charge is 0.224 e. The lowest BCUT2D eigenvalue weighted by atomic mass is 9.88. The molecule has 1 aliphatic heterocycles. The zero-order valence-corrected chi connectivity index (χ0v) is 18.7. The van der Waals surface area contributed by atoms with Crippen molar-refractivity contribution in [3.63, 3.8) is 0 Å². The summed E-state index contributed by atoms with van der Waals surface area (Å²) in [6.45, 7) is 5.64. The van der Waals surface area contributed by atoms with Gasteiger partial charge in [-0.05, 0) is 36.3 Å². The molecule has 0 bridgehead atoms. The molecular weight excluding hydrogens is 396 g/mol. The van der Waals surface area contributed by atoms with Crippen LogP contribution in [-0.4, -0.2) is 29.7 Å². The van der Waals surface area contributed by atoms with Crippen LogP contribution in [0.4, 0.5) is 0 Å². The number of likely N-dealkylation sites (tertiary alicyclic amines) is 1. The summed E-state index contributed by atoms with van der Waals surface area (Å²) in [5.41, 5.74) is 9.23. The lowest BCUT2D eigenvalue weighted by Crippen LogP contribution is -2.41. The average molecular weight is 429 g/mol. The first-order valence-electron chi connectivity index (χ1n) is 10.7. The van der Waals surface area contributed by atoms with E-state index in [1.165, 1.54) is 5.56 Å². The van der Waals surface area contributed by atoms with Gasteiger partial charge in [0.05, 0.1) is 0 Å². The first kappa shape index (κ1) is 24.1. The Hall–Kier alpha value is -2.17. The van der Waals surface area contributed by atoms with E-state index in [0.717, 1.165) is 30.4 Å². The molecule has 1 fully saturated rings. The minimum absolute atomic E-state index is 0. The van der Waals surface area contributed by atoms with E-state index < -0.39 is 0 Å². The van der Waals surface area contributed by atoms with Crippen LogP contribution >= 0.6 is 12.4 Å². The highest BCUT2D eigenvalue weighted by molar-refractivity contribution is 5.98. The van der Waals surface area contributed by atoms with Gasteiger partial charge >= 0.3 is 0 Å². The van der Waals surface area contributed by atoms with Crippen molar-refractivity contribution in [2.45, 2.75) is 45.6 Å². The number of piperidine rings is 1. The molecule has 0 aromatic heterocycles. The Morgan fingerprint density at radius 2 is 1.60 bits per heavy atom. The van der Waals surface area contributed by atoms with Crippen LogP contribution in [0.25, 0.3) is 0 Å². The number of carbonyl (C=O) groups is 2. The van der Waals surface area contributed by atoms with E-state index in [1.54, 1.807) is 0 Å². The molecule has 30 heavy (non-hydrogen) atoms. The number of rotatable bonds is 7. The molecule has 1 atom stereocenters. The standard InChI is InChI=1S/C25H32N2O2.ClH/c1-18(2)16-19-8-10-21(11-9-19)25(29)22-12-14-27(15-13-22)24(28)17-23(26)20-6-4-3-5-7-20;/h3-11,18,22-23H,12-17,26H2,1-2H3;1H. The summed E-state index contributed by atoms with van der Waals surface area (Å²) in [6, 6.07) is 17.5. The van der Waals surface area contributed by atoms with Crippen molar-refractivity contribution in [3.8, 4) is 0 Å². The lowest BCUT2D eigenvalue weighted by Gasteiger charge is -2.32. The summed E-state index contributed by atoms with van der Waals surface area (Å²) in [6.07, 6.45) is 2.78. The third-order valence-corrected chi connectivity index (χ3v) is 5.72. The van der Waals surface area contributed by atoms with Crippen LogP contribution in [0.2, 0.25) is 0 Å². The van der Waals surface area contributed by atoms with Crippen molar-refractivity contribution < 1.29 is 9.59 Å². The number of hydrogen-bond acceptors (Lipinski definition) is 3. The van der Waals surface area contributed by atoms with Gasteiger partial charge in [0, 0.05) is 37.0 Å². The second kappa shape index (κ2) is 11.3. The SMILES string of the molecule is CC(C)Cc1ccc(C(=O)C2CCN(C(=O)CC(N)c3ccccc3)CC2)cc1.Cl. The zero-order chi connectivity index (χ0) is 20.8. The molecule has 5 heteroatoms. The fraction of sp³-hybridized carbons (Fsp3) is 0.440. The molecule has 1 amide bonds. The van der Waals surface area contributed by atoms with E-state index >= 15 is 0 Å². The molecule has 162 valence electrons. The van der Waals surface area contributed by atoms with Crippen LogP contribution in [-0.2, 0) is 11.2 Å². The number of ketones is 1. The van der Waals surface area contributed by atoms with Crippen molar-refractivity contribution >= 4 is 24.1 Å². The van der Waals surface area contributed by atoms with Gasteiger partial charge < -0.3 is 10.6 Å². The van der Waals surface area contributed by atoms with E-state index in [0.29, 0.717) is 25.4 Å². The number of Topliss-reactive ketones (excluding diaryl/α,β-unsaturated/α-hetero) is 1. The minimum Gasteiger partial charge on any atom is -0.343 e. The van der Waals surface area contributed by atoms with Gasteiger partial charge in [-0.25, -0.2) is 0 Å². The molecule has 3 rings (SSSR count). The molecular formula is C25H33ClN2O2. The fourth-order valence-corrected chi connectivity index (χ4v) is 4.04. The van der Waals surface area contributed by atoms with Gasteiger partial charge in [0.2, 0.25) is 5.91 Å². The molecule has 0 aliphatic carbocycles. The quantitative estimate of drug-likeness (QED) is 0.643. The topological polar surface area (TPSA) is 63.4 Å². The summed E-state index contributed by atoms with van der Waals surface area (Å²) < 4.78 is 0. The maximum absolute atomic E-state index is 12.8. The monoisotopic (exact) mass is 428 g/mol. The van der Waals surface area contributed by atoms with E-state index in [9.17, 15) is 9.59 Å². The Morgan fingerprint density at radius 3 is 2.17 bits per heavy atom. The molecule has 0 spiro atoms. The average Bonchev–Trinajstić information content (AvgIpc) is 2.74. The Labute approximate surface area is 186 Å². The molecule has 2 N–H and O–H groups in total. The van der Waals surface area contributed by atoms with E-state index in [2.05, 4.69) is 26.0 Å². The Kier molecular flexibility index (Phi) is 9.07. The third-order valence-electron chi connectivity index (χ3n) is 5.72. The molecule has 2 aromatic carbocycles. The predicted molar refractivity (Wildman–Crippen MR) is 124 cm³/mol. The maximum Gasteiger partial charge on any atom is 0.224 e. The van der Waals surface area contributed by atoms with Gasteiger partial charge in [-0.15, -0.1) is 12.4 Å². The van der Waals surface area contributed by atoms with Crippen LogP contribution < -0.4 is 5.73 Å². The Bertz CT molecular complexity index is 813. The van der Waals surface area contributed by atoms with Crippen molar-refractivity contribution in [1.29, 1.82) is 0 Å². The van der Waals surface area contributed by atoms with Gasteiger partial charge in [0.1, 0.15) is 0 Å². The highest BCUT2D eigenvalue weighted by Gasteiger charge is 2.28.